The quantitative estimate of drug-likeness (QED) is 0.224. The maximum Gasteiger partial charge on any atom is 0.411 e. The van der Waals surface area contributed by atoms with Crippen molar-refractivity contribution in [1.82, 2.24) is 19.8 Å². The summed E-state index contributed by atoms with van der Waals surface area (Å²) < 4.78 is 12.9. The number of likely N-dealkylation sites (tertiary alicyclic amines) is 2. The molecular weight excluding hydrogens is 756 g/mol. The summed E-state index contributed by atoms with van der Waals surface area (Å²) in [5.74, 6) is 0.558. The van der Waals surface area contributed by atoms with Crippen molar-refractivity contribution < 1.29 is 23.9 Å². The van der Waals surface area contributed by atoms with Crippen LogP contribution in [0.2, 0.25) is 0 Å². The number of anilines is 2. The second-order valence-corrected chi connectivity index (χ2v) is 17.2. The van der Waals surface area contributed by atoms with E-state index in [9.17, 15) is 14.4 Å². The van der Waals surface area contributed by atoms with Gasteiger partial charge in [-0.05, 0) is 130 Å². The van der Waals surface area contributed by atoms with Crippen LogP contribution < -0.4 is 11.1 Å². The Balaban J connectivity index is 0.000000221. The molecule has 0 aliphatic carbocycles. The lowest BCUT2D eigenvalue weighted by atomic mass is 9.97. The lowest BCUT2D eigenvalue weighted by Crippen LogP contribution is -2.54. The molecule has 13 heteroatoms. The van der Waals surface area contributed by atoms with Crippen molar-refractivity contribution in [1.29, 1.82) is 0 Å². The lowest BCUT2D eigenvalue weighted by Gasteiger charge is -2.35. The van der Waals surface area contributed by atoms with E-state index in [0.29, 0.717) is 30.9 Å². The molecule has 1 aromatic heterocycles. The second kappa shape index (κ2) is 14.1. The Kier molecular flexibility index (Phi) is 11.1. The first kappa shape index (κ1) is 38.5. The molecule has 0 unspecified atom stereocenters. The summed E-state index contributed by atoms with van der Waals surface area (Å²) >= 11 is 6.94. The molecule has 0 saturated carbocycles. The number of aromatic nitrogens is 2. The van der Waals surface area contributed by atoms with Gasteiger partial charge in [-0.2, -0.15) is 0 Å². The molecule has 2 atom stereocenters. The number of amides is 3. The van der Waals surface area contributed by atoms with E-state index < -0.39 is 28.4 Å². The van der Waals surface area contributed by atoms with Gasteiger partial charge in [0.1, 0.15) is 28.1 Å². The van der Waals surface area contributed by atoms with Gasteiger partial charge in [-0.25, -0.2) is 14.6 Å². The SMILES string of the molecule is Cc1cc(Br)cc(NC(=O)[C@]2(C)CCCN2C(=O)OC(C)(C)C)c1N.Cc1cc(Br)cc2[nH]c([C@]3(C)CCCN3C(=O)OC(C)(C)C)nc12. The molecule has 2 aliphatic heterocycles. The molecule has 268 valence electrons. The number of nitrogens with one attached hydrogen (secondary N) is 2. The summed E-state index contributed by atoms with van der Waals surface area (Å²) in [6.07, 6.45) is 2.38. The van der Waals surface area contributed by atoms with Crippen LogP contribution in [0, 0.1) is 13.8 Å². The van der Waals surface area contributed by atoms with Crippen LogP contribution >= 0.6 is 31.9 Å². The van der Waals surface area contributed by atoms with Gasteiger partial charge in [0.05, 0.1) is 22.4 Å². The van der Waals surface area contributed by atoms with E-state index in [2.05, 4.69) is 55.2 Å². The summed E-state index contributed by atoms with van der Waals surface area (Å²) in [6, 6.07) is 7.72. The van der Waals surface area contributed by atoms with Crippen molar-refractivity contribution in [2.75, 3.05) is 24.1 Å². The Morgan fingerprint density at radius 3 is 2.00 bits per heavy atom. The number of rotatable bonds is 3. The lowest BCUT2D eigenvalue weighted by molar-refractivity contribution is -0.125. The van der Waals surface area contributed by atoms with Crippen LogP contribution in [0.3, 0.4) is 0 Å². The molecule has 2 aliphatic rings. The third-order valence-corrected chi connectivity index (χ3v) is 9.77. The zero-order valence-electron chi connectivity index (χ0n) is 30.3. The summed E-state index contributed by atoms with van der Waals surface area (Å²) in [7, 11) is 0. The van der Waals surface area contributed by atoms with Gasteiger partial charge in [0, 0.05) is 22.0 Å². The van der Waals surface area contributed by atoms with E-state index in [1.165, 1.54) is 4.90 Å². The average Bonchev–Trinajstić information content (AvgIpc) is 3.67. The van der Waals surface area contributed by atoms with E-state index in [1.54, 1.807) is 17.9 Å². The molecule has 5 rings (SSSR count). The summed E-state index contributed by atoms with van der Waals surface area (Å²) in [5.41, 5.74) is 8.48. The van der Waals surface area contributed by atoms with Crippen LogP contribution in [0.25, 0.3) is 11.0 Å². The minimum absolute atomic E-state index is 0.264. The number of hydrogen-bond acceptors (Lipinski definition) is 7. The number of fused-ring (bicyclic) bond motifs is 1. The predicted octanol–water partition coefficient (Wildman–Crippen LogP) is 8.95. The minimum Gasteiger partial charge on any atom is -0.444 e. The number of hydrogen-bond donors (Lipinski definition) is 3. The highest BCUT2D eigenvalue weighted by molar-refractivity contribution is 9.10. The Bertz CT molecular complexity index is 1750. The van der Waals surface area contributed by atoms with Gasteiger partial charge in [-0.1, -0.05) is 31.9 Å². The number of benzene rings is 2. The number of carbonyl (C=O) groups excluding carboxylic acids is 3. The number of carbonyl (C=O) groups is 3. The maximum atomic E-state index is 13.0. The second-order valence-electron chi connectivity index (χ2n) is 15.4. The Morgan fingerprint density at radius 1 is 0.857 bits per heavy atom. The molecule has 2 fully saturated rings. The fourth-order valence-corrected chi connectivity index (χ4v) is 7.39. The zero-order valence-corrected chi connectivity index (χ0v) is 33.4. The summed E-state index contributed by atoms with van der Waals surface area (Å²) in [4.78, 5) is 49.6. The van der Waals surface area contributed by atoms with E-state index in [1.807, 2.05) is 67.5 Å². The van der Waals surface area contributed by atoms with E-state index in [4.69, 9.17) is 20.2 Å². The van der Waals surface area contributed by atoms with Crippen LogP contribution in [0.4, 0.5) is 21.0 Å². The predicted molar refractivity (Wildman–Crippen MR) is 201 cm³/mol. The standard InChI is InChI=1S/C18H26BrN3O3.C18H24BrN3O2/c1-11-9-12(19)10-13(14(11)20)21-15(23)18(5)7-6-8-22(18)16(24)25-17(2,3)4;1-11-9-12(19)10-13-14(11)21-15(20-13)18(5)7-6-8-22(18)16(23)24-17(2,3)4/h9-10H,6-8,20H2,1-5H3,(H,21,23);9-10H,6-8H2,1-5H3,(H,20,21)/t2*18-/m00/s1. The number of aromatic amines is 1. The number of aryl methyl sites for hydroxylation is 2. The largest absolute Gasteiger partial charge is 0.444 e. The molecular formula is C36H50Br2N6O5. The molecule has 0 bridgehead atoms. The molecule has 49 heavy (non-hydrogen) atoms. The first-order valence-electron chi connectivity index (χ1n) is 16.6. The van der Waals surface area contributed by atoms with Gasteiger partial charge in [-0.15, -0.1) is 0 Å². The topological polar surface area (TPSA) is 143 Å². The molecule has 3 aromatic rings. The first-order chi connectivity index (χ1) is 22.5. The Labute approximate surface area is 306 Å². The molecule has 11 nitrogen and oxygen atoms in total. The highest BCUT2D eigenvalue weighted by Gasteiger charge is 2.48. The summed E-state index contributed by atoms with van der Waals surface area (Å²) in [5, 5.41) is 2.88. The van der Waals surface area contributed by atoms with Gasteiger partial charge in [-0.3, -0.25) is 14.6 Å². The third kappa shape index (κ3) is 8.71. The number of nitrogens with zero attached hydrogens (tertiary/aromatic N) is 3. The Morgan fingerprint density at radius 2 is 1.39 bits per heavy atom. The fraction of sp³-hybridized carbons (Fsp3) is 0.556. The van der Waals surface area contributed by atoms with Crippen molar-refractivity contribution in [3.8, 4) is 0 Å². The van der Waals surface area contributed by atoms with E-state index in [-0.39, 0.29) is 12.0 Å². The van der Waals surface area contributed by atoms with Gasteiger partial charge >= 0.3 is 12.2 Å². The van der Waals surface area contributed by atoms with Gasteiger partial charge in [0.15, 0.2) is 0 Å². The van der Waals surface area contributed by atoms with Crippen LogP contribution in [-0.4, -0.2) is 67.7 Å². The molecule has 0 radical (unpaired) electrons. The number of ether oxygens (including phenoxy) is 2. The normalized spacial score (nSPS) is 21.0. The van der Waals surface area contributed by atoms with Gasteiger partial charge in [0.2, 0.25) is 5.91 Å². The molecule has 4 N–H and O–H groups in total. The zero-order chi connectivity index (χ0) is 36.7. The molecule has 3 heterocycles. The first-order valence-corrected chi connectivity index (χ1v) is 18.2. The fourth-order valence-electron chi connectivity index (χ4n) is 6.24. The van der Waals surface area contributed by atoms with Crippen molar-refractivity contribution in [3.05, 3.63) is 50.2 Å². The van der Waals surface area contributed by atoms with Crippen molar-refractivity contribution in [3.63, 3.8) is 0 Å². The van der Waals surface area contributed by atoms with Crippen LogP contribution in [0.15, 0.2) is 33.2 Å². The van der Waals surface area contributed by atoms with Gasteiger partial charge < -0.3 is 25.5 Å². The van der Waals surface area contributed by atoms with Crippen molar-refractivity contribution in [2.45, 2.75) is 117 Å². The number of halogens is 2. The highest BCUT2D eigenvalue weighted by Crippen LogP contribution is 2.39. The summed E-state index contributed by atoms with van der Waals surface area (Å²) in [6.45, 7) is 20.0. The van der Waals surface area contributed by atoms with E-state index in [0.717, 1.165) is 56.2 Å². The minimum atomic E-state index is -0.967. The third-order valence-electron chi connectivity index (χ3n) is 8.85. The molecule has 3 amide bonds. The smallest absolute Gasteiger partial charge is 0.411 e. The van der Waals surface area contributed by atoms with Crippen LogP contribution in [0.1, 0.15) is 98.0 Å². The number of H-pyrrole nitrogens is 1. The van der Waals surface area contributed by atoms with Gasteiger partial charge in [0.25, 0.3) is 0 Å². The molecule has 2 saturated heterocycles. The Hall–Kier alpha value is -3.32. The van der Waals surface area contributed by atoms with Crippen LogP contribution in [-0.2, 0) is 19.8 Å². The van der Waals surface area contributed by atoms with Crippen molar-refractivity contribution >= 4 is 72.4 Å². The van der Waals surface area contributed by atoms with Crippen LogP contribution in [0.5, 0.6) is 0 Å². The van der Waals surface area contributed by atoms with E-state index >= 15 is 0 Å². The monoisotopic (exact) mass is 804 g/mol. The average molecular weight is 807 g/mol. The number of imidazole rings is 1. The maximum absolute atomic E-state index is 13.0. The number of nitrogens with two attached hydrogens (primary N) is 1. The van der Waals surface area contributed by atoms with Crippen molar-refractivity contribution in [2.24, 2.45) is 0 Å². The number of nitrogen functional groups attached to an aromatic ring is 1. The highest BCUT2D eigenvalue weighted by atomic mass is 79.9. The molecule has 2 aromatic carbocycles. The molecule has 0 spiro atoms.